The Morgan fingerprint density at radius 2 is 2.05 bits per heavy atom. The first-order valence-corrected chi connectivity index (χ1v) is 7.49. The molecule has 20 heavy (non-hydrogen) atoms. The summed E-state index contributed by atoms with van der Waals surface area (Å²) in [7, 11) is 0. The number of piperidine rings is 1. The fourth-order valence-corrected chi connectivity index (χ4v) is 3.44. The number of nitrogens with zero attached hydrogens (tertiary/aromatic N) is 1. The lowest BCUT2D eigenvalue weighted by Gasteiger charge is -2.33. The minimum Gasteiger partial charge on any atom is -0.481 e. The third kappa shape index (κ3) is 2.82. The van der Waals surface area contributed by atoms with E-state index >= 15 is 0 Å². The van der Waals surface area contributed by atoms with Gasteiger partial charge in [-0.2, -0.15) is 0 Å². The highest BCUT2D eigenvalue weighted by Gasteiger charge is 2.66. The molecule has 1 N–H and O–H groups in total. The molecule has 1 heterocycles. The second-order valence-corrected chi connectivity index (χ2v) is 6.57. The second-order valence-electron chi connectivity index (χ2n) is 6.57. The Bertz CT molecular complexity index is 393. The molecule has 2 fully saturated rings. The molecule has 0 spiro atoms. The number of aliphatic carboxylic acids is 1. The molecule has 2 aliphatic rings. The molecule has 1 unspecified atom stereocenters. The van der Waals surface area contributed by atoms with Crippen molar-refractivity contribution in [1.29, 1.82) is 0 Å². The summed E-state index contributed by atoms with van der Waals surface area (Å²) in [5.41, 5.74) is -0.407. The highest BCUT2D eigenvalue weighted by Crippen LogP contribution is 2.59. The van der Waals surface area contributed by atoms with E-state index in [0.29, 0.717) is 25.7 Å². The minimum absolute atomic E-state index is 0.0172. The molecule has 0 bridgehead atoms. The molecule has 0 aromatic heterocycles. The summed E-state index contributed by atoms with van der Waals surface area (Å²) in [4.78, 5) is 25.6. The zero-order chi connectivity index (χ0) is 14.9. The van der Waals surface area contributed by atoms with Gasteiger partial charge in [0.25, 0.3) is 0 Å². The van der Waals surface area contributed by atoms with Gasteiger partial charge in [-0.3, -0.25) is 9.59 Å². The lowest BCUT2D eigenvalue weighted by Crippen LogP contribution is -2.42. The van der Waals surface area contributed by atoms with Crippen molar-refractivity contribution in [3.8, 4) is 0 Å². The van der Waals surface area contributed by atoms with Gasteiger partial charge in [0.15, 0.2) is 0 Å². The predicted octanol–water partition coefficient (Wildman–Crippen LogP) is 1.62. The van der Waals surface area contributed by atoms with Gasteiger partial charge in [-0.25, -0.2) is 0 Å². The third-order valence-electron chi connectivity index (χ3n) is 4.75. The van der Waals surface area contributed by atoms with Gasteiger partial charge in [-0.15, -0.1) is 0 Å². The maximum Gasteiger partial charge on any atom is 0.307 e. The van der Waals surface area contributed by atoms with Crippen LogP contribution in [0.2, 0.25) is 0 Å². The number of hydrogen-bond acceptors (Lipinski definition) is 3. The average molecular weight is 283 g/mol. The molecule has 1 aliphatic heterocycles. The fourth-order valence-electron chi connectivity index (χ4n) is 3.44. The smallest absolute Gasteiger partial charge is 0.307 e. The number of carbonyl (C=O) groups is 2. The van der Waals surface area contributed by atoms with Gasteiger partial charge < -0.3 is 14.7 Å². The van der Waals surface area contributed by atoms with Crippen LogP contribution in [0.5, 0.6) is 0 Å². The van der Waals surface area contributed by atoms with Gasteiger partial charge in [0, 0.05) is 19.7 Å². The molecule has 1 amide bonds. The zero-order valence-electron chi connectivity index (χ0n) is 12.6. The first-order valence-electron chi connectivity index (χ1n) is 7.49. The summed E-state index contributed by atoms with van der Waals surface area (Å²) in [6.07, 6.45) is 2.06. The van der Waals surface area contributed by atoms with Crippen LogP contribution in [0.15, 0.2) is 0 Å². The number of likely N-dealkylation sites (tertiary alicyclic amines) is 1. The largest absolute Gasteiger partial charge is 0.481 e. The molecule has 0 aromatic rings. The van der Waals surface area contributed by atoms with Crippen molar-refractivity contribution in [1.82, 2.24) is 4.90 Å². The Kier molecular flexibility index (Phi) is 4.37. The van der Waals surface area contributed by atoms with Crippen molar-refractivity contribution < 1.29 is 19.4 Å². The van der Waals surface area contributed by atoms with Crippen molar-refractivity contribution in [2.75, 3.05) is 26.3 Å². The molecule has 2 rings (SSSR count). The van der Waals surface area contributed by atoms with Crippen LogP contribution in [0.3, 0.4) is 0 Å². The van der Waals surface area contributed by atoms with Crippen LogP contribution in [0.1, 0.15) is 33.6 Å². The van der Waals surface area contributed by atoms with Crippen molar-refractivity contribution >= 4 is 11.9 Å². The van der Waals surface area contributed by atoms with Gasteiger partial charge in [-0.05, 0) is 31.1 Å². The van der Waals surface area contributed by atoms with E-state index in [2.05, 4.69) is 0 Å². The Balaban J connectivity index is 1.94. The molecular formula is C15H25NO4. The number of carbonyl (C=O) groups excluding carboxylic acids is 1. The van der Waals surface area contributed by atoms with Crippen LogP contribution in [-0.4, -0.2) is 48.2 Å². The van der Waals surface area contributed by atoms with Crippen molar-refractivity contribution in [2.24, 2.45) is 23.2 Å². The summed E-state index contributed by atoms with van der Waals surface area (Å²) < 4.78 is 5.45. The molecule has 1 saturated carbocycles. The van der Waals surface area contributed by atoms with E-state index in [1.165, 1.54) is 0 Å². The van der Waals surface area contributed by atoms with Gasteiger partial charge >= 0.3 is 5.97 Å². The van der Waals surface area contributed by atoms with Crippen LogP contribution in [0, 0.1) is 23.2 Å². The zero-order valence-corrected chi connectivity index (χ0v) is 12.6. The monoisotopic (exact) mass is 283 g/mol. The molecule has 0 radical (unpaired) electrons. The number of rotatable bonds is 5. The van der Waals surface area contributed by atoms with Crippen LogP contribution in [0.4, 0.5) is 0 Å². The molecule has 1 aliphatic carbocycles. The highest BCUT2D eigenvalue weighted by atomic mass is 16.5. The standard InChI is InChI=1S/C15H25NO4/c1-4-20-9-10-6-5-7-16(8-10)13(17)11-12(14(18)19)15(11,2)3/h10-12H,4-9H2,1-3H3,(H,18,19)/t10?,11-,12+/m0/s1. The molecule has 0 aromatic carbocycles. The molecule has 1 saturated heterocycles. The lowest BCUT2D eigenvalue weighted by molar-refractivity contribution is -0.142. The molecule has 114 valence electrons. The number of amides is 1. The third-order valence-corrected chi connectivity index (χ3v) is 4.75. The number of carboxylic acids is 1. The van der Waals surface area contributed by atoms with E-state index in [9.17, 15) is 14.7 Å². The summed E-state index contributed by atoms with van der Waals surface area (Å²) in [5.74, 6) is -1.33. The van der Waals surface area contributed by atoms with Gasteiger partial charge in [0.1, 0.15) is 0 Å². The van der Waals surface area contributed by atoms with E-state index in [4.69, 9.17) is 4.74 Å². The summed E-state index contributed by atoms with van der Waals surface area (Å²) in [6, 6.07) is 0. The number of hydrogen-bond donors (Lipinski definition) is 1. The van der Waals surface area contributed by atoms with E-state index in [0.717, 1.165) is 19.4 Å². The van der Waals surface area contributed by atoms with Crippen LogP contribution >= 0.6 is 0 Å². The van der Waals surface area contributed by atoms with E-state index < -0.39 is 17.3 Å². The first kappa shape index (κ1) is 15.3. The summed E-state index contributed by atoms with van der Waals surface area (Å²) >= 11 is 0. The van der Waals surface area contributed by atoms with E-state index in [-0.39, 0.29) is 11.8 Å². The fraction of sp³-hybridized carbons (Fsp3) is 0.867. The van der Waals surface area contributed by atoms with Crippen LogP contribution in [-0.2, 0) is 14.3 Å². The van der Waals surface area contributed by atoms with Crippen LogP contribution < -0.4 is 0 Å². The normalized spacial score (nSPS) is 31.9. The average Bonchev–Trinajstić information content (AvgIpc) is 2.99. The Hall–Kier alpha value is -1.10. The maximum atomic E-state index is 12.5. The second kappa shape index (κ2) is 5.72. The van der Waals surface area contributed by atoms with Crippen molar-refractivity contribution in [2.45, 2.75) is 33.6 Å². The SMILES string of the molecule is CCOCC1CCCN(C(=O)[C@@H]2[C@H](C(=O)O)C2(C)C)C1. The van der Waals surface area contributed by atoms with Crippen LogP contribution in [0.25, 0.3) is 0 Å². The summed E-state index contributed by atoms with van der Waals surface area (Å²) in [6.45, 7) is 8.55. The number of carboxylic acid groups (broad SMARTS) is 1. The van der Waals surface area contributed by atoms with Crippen molar-refractivity contribution in [3.05, 3.63) is 0 Å². The lowest BCUT2D eigenvalue weighted by atomic mass is 9.98. The number of ether oxygens (including phenoxy) is 1. The topological polar surface area (TPSA) is 66.8 Å². The van der Waals surface area contributed by atoms with Gasteiger partial charge in [0.05, 0.1) is 18.4 Å². The Morgan fingerprint density at radius 3 is 2.60 bits per heavy atom. The summed E-state index contributed by atoms with van der Waals surface area (Å²) in [5, 5.41) is 9.18. The van der Waals surface area contributed by atoms with E-state index in [1.54, 1.807) is 0 Å². The molecule has 5 nitrogen and oxygen atoms in total. The molecular weight excluding hydrogens is 258 g/mol. The molecule has 5 heteroatoms. The highest BCUT2D eigenvalue weighted by molar-refractivity contribution is 5.91. The first-order chi connectivity index (χ1) is 9.39. The maximum absolute atomic E-state index is 12.5. The molecule has 3 atom stereocenters. The predicted molar refractivity (Wildman–Crippen MR) is 74.2 cm³/mol. The quantitative estimate of drug-likeness (QED) is 0.832. The Morgan fingerprint density at radius 1 is 1.35 bits per heavy atom. The van der Waals surface area contributed by atoms with Gasteiger partial charge in [-0.1, -0.05) is 13.8 Å². The van der Waals surface area contributed by atoms with Gasteiger partial charge in [0.2, 0.25) is 5.91 Å². The van der Waals surface area contributed by atoms with Crippen molar-refractivity contribution in [3.63, 3.8) is 0 Å². The van der Waals surface area contributed by atoms with E-state index in [1.807, 2.05) is 25.7 Å². The Labute approximate surface area is 120 Å². The minimum atomic E-state index is -0.851.